The van der Waals surface area contributed by atoms with Gasteiger partial charge in [-0.2, -0.15) is 0 Å². The van der Waals surface area contributed by atoms with E-state index in [1.54, 1.807) is 0 Å². The minimum Gasteiger partial charge on any atom is -0.490 e. The zero-order chi connectivity index (χ0) is 15.1. The molecule has 2 N–H and O–H groups in total. The monoisotopic (exact) mass is 285 g/mol. The van der Waals surface area contributed by atoms with Gasteiger partial charge in [-0.1, -0.05) is 49.4 Å². The van der Waals surface area contributed by atoms with Crippen LogP contribution in [-0.4, -0.2) is 12.7 Å². The van der Waals surface area contributed by atoms with Crippen molar-refractivity contribution in [3.63, 3.8) is 0 Å². The molecule has 0 radical (unpaired) electrons. The van der Waals surface area contributed by atoms with Crippen molar-refractivity contribution in [1.82, 2.24) is 0 Å². The Balaban J connectivity index is 2.16. The van der Waals surface area contributed by atoms with Gasteiger partial charge in [0.05, 0.1) is 12.6 Å². The van der Waals surface area contributed by atoms with E-state index in [-0.39, 0.29) is 12.1 Å². The van der Waals surface area contributed by atoms with Crippen LogP contribution in [0, 0.1) is 0 Å². The Morgan fingerprint density at radius 2 is 1.52 bits per heavy atom. The molecule has 2 aromatic rings. The van der Waals surface area contributed by atoms with E-state index in [2.05, 4.69) is 6.92 Å². The molecule has 0 aliphatic rings. The van der Waals surface area contributed by atoms with Crippen molar-refractivity contribution in [1.29, 1.82) is 0 Å². The van der Waals surface area contributed by atoms with Gasteiger partial charge in [-0.3, -0.25) is 0 Å². The highest BCUT2D eigenvalue weighted by Crippen LogP contribution is 2.30. The van der Waals surface area contributed by atoms with E-state index in [1.165, 1.54) is 0 Å². The third-order valence-electron chi connectivity index (χ3n) is 3.41. The predicted octanol–water partition coefficient (Wildman–Crippen LogP) is 3.94. The summed E-state index contributed by atoms with van der Waals surface area (Å²) >= 11 is 0. The van der Waals surface area contributed by atoms with Crippen molar-refractivity contribution in [2.45, 2.75) is 32.4 Å². The summed E-state index contributed by atoms with van der Waals surface area (Å²) in [5.41, 5.74) is 7.44. The zero-order valence-corrected chi connectivity index (χ0v) is 12.7. The largest absolute Gasteiger partial charge is 0.490 e. The number of benzene rings is 2. The number of rotatable bonds is 7. The summed E-state index contributed by atoms with van der Waals surface area (Å²) in [5, 5.41) is 0. The molecule has 2 rings (SSSR count). The molecule has 21 heavy (non-hydrogen) atoms. The number of ether oxygens (including phenoxy) is 2. The summed E-state index contributed by atoms with van der Waals surface area (Å²) in [6.07, 6.45) is 0.741. The van der Waals surface area contributed by atoms with Gasteiger partial charge in [-0.25, -0.2) is 0 Å². The molecule has 0 aromatic heterocycles. The second-order valence-electron chi connectivity index (χ2n) is 4.88. The lowest BCUT2D eigenvalue weighted by Crippen LogP contribution is -2.31. The van der Waals surface area contributed by atoms with E-state index in [4.69, 9.17) is 15.2 Å². The molecule has 2 unspecified atom stereocenters. The summed E-state index contributed by atoms with van der Waals surface area (Å²) in [6.45, 7) is 4.66. The summed E-state index contributed by atoms with van der Waals surface area (Å²) in [6, 6.07) is 17.6. The highest BCUT2D eigenvalue weighted by molar-refractivity contribution is 5.39. The molecule has 3 heteroatoms. The van der Waals surface area contributed by atoms with Crippen molar-refractivity contribution in [3.8, 4) is 11.5 Å². The lowest BCUT2D eigenvalue weighted by Gasteiger charge is -2.25. The van der Waals surface area contributed by atoms with Gasteiger partial charge in [-0.05, 0) is 31.0 Å². The maximum absolute atomic E-state index is 6.36. The van der Waals surface area contributed by atoms with E-state index in [9.17, 15) is 0 Å². The first-order chi connectivity index (χ1) is 10.3. The van der Waals surface area contributed by atoms with Gasteiger partial charge in [0.25, 0.3) is 0 Å². The third kappa shape index (κ3) is 3.99. The minimum absolute atomic E-state index is 0.0889. The van der Waals surface area contributed by atoms with Crippen molar-refractivity contribution in [3.05, 3.63) is 60.2 Å². The molecule has 0 bridgehead atoms. The Morgan fingerprint density at radius 3 is 2.14 bits per heavy atom. The maximum atomic E-state index is 6.36. The normalized spacial score (nSPS) is 13.5. The minimum atomic E-state index is -0.161. The SMILES string of the molecule is CCOc1ccccc1OC(CC)C(N)c1ccccc1. The third-order valence-corrected chi connectivity index (χ3v) is 3.41. The molecule has 3 nitrogen and oxygen atoms in total. The van der Waals surface area contributed by atoms with Crippen molar-refractivity contribution < 1.29 is 9.47 Å². The fourth-order valence-electron chi connectivity index (χ4n) is 2.29. The van der Waals surface area contributed by atoms with Gasteiger partial charge >= 0.3 is 0 Å². The van der Waals surface area contributed by atoms with Gasteiger partial charge in [0, 0.05) is 0 Å². The number of hydrogen-bond donors (Lipinski definition) is 1. The van der Waals surface area contributed by atoms with E-state index in [0.717, 1.165) is 23.5 Å². The topological polar surface area (TPSA) is 44.5 Å². The molecular weight excluding hydrogens is 262 g/mol. The summed E-state index contributed by atoms with van der Waals surface area (Å²) < 4.78 is 11.7. The molecule has 0 saturated heterocycles. The van der Waals surface area contributed by atoms with E-state index in [1.807, 2.05) is 61.5 Å². The van der Waals surface area contributed by atoms with Crippen LogP contribution in [0.25, 0.3) is 0 Å². The number of para-hydroxylation sites is 2. The maximum Gasteiger partial charge on any atom is 0.161 e. The lowest BCUT2D eigenvalue weighted by atomic mass is 10.0. The van der Waals surface area contributed by atoms with Crippen LogP contribution in [0.1, 0.15) is 31.9 Å². The lowest BCUT2D eigenvalue weighted by molar-refractivity contribution is 0.158. The summed E-state index contributed by atoms with van der Waals surface area (Å²) in [5.74, 6) is 1.51. The molecule has 0 amide bonds. The standard InChI is InChI=1S/C18H23NO2/c1-3-15(18(19)14-10-6-5-7-11-14)21-17-13-9-8-12-16(17)20-4-2/h5-13,15,18H,3-4,19H2,1-2H3. The Bertz CT molecular complexity index is 542. The van der Waals surface area contributed by atoms with Gasteiger partial charge in [0.15, 0.2) is 11.5 Å². The first-order valence-electron chi connectivity index (χ1n) is 7.45. The van der Waals surface area contributed by atoms with E-state index in [0.29, 0.717) is 6.61 Å². The molecule has 0 saturated carbocycles. The fraction of sp³-hybridized carbons (Fsp3) is 0.333. The van der Waals surface area contributed by atoms with Crippen molar-refractivity contribution in [2.75, 3.05) is 6.61 Å². The fourth-order valence-corrected chi connectivity index (χ4v) is 2.29. The first kappa shape index (κ1) is 15.4. The van der Waals surface area contributed by atoms with Gasteiger partial charge < -0.3 is 15.2 Å². The van der Waals surface area contributed by atoms with Crippen LogP contribution in [-0.2, 0) is 0 Å². The molecule has 0 aliphatic carbocycles. The Labute approximate surface area is 126 Å². The first-order valence-corrected chi connectivity index (χ1v) is 7.45. The van der Waals surface area contributed by atoms with Gasteiger partial charge in [-0.15, -0.1) is 0 Å². The van der Waals surface area contributed by atoms with E-state index < -0.39 is 0 Å². The zero-order valence-electron chi connectivity index (χ0n) is 12.7. The number of nitrogens with two attached hydrogens (primary N) is 1. The predicted molar refractivity (Wildman–Crippen MR) is 85.7 cm³/mol. The molecule has 112 valence electrons. The Kier molecular flexibility index (Phi) is 5.64. The second kappa shape index (κ2) is 7.70. The molecule has 0 aliphatic heterocycles. The number of hydrogen-bond acceptors (Lipinski definition) is 3. The molecule has 0 fully saturated rings. The van der Waals surface area contributed by atoms with Crippen LogP contribution < -0.4 is 15.2 Å². The van der Waals surface area contributed by atoms with Crippen LogP contribution in [0.3, 0.4) is 0 Å². The van der Waals surface area contributed by atoms with Crippen LogP contribution in [0.5, 0.6) is 11.5 Å². The molecule has 0 spiro atoms. The van der Waals surface area contributed by atoms with Gasteiger partial charge in [0.1, 0.15) is 6.10 Å². The molecule has 2 aromatic carbocycles. The van der Waals surface area contributed by atoms with Crippen molar-refractivity contribution in [2.24, 2.45) is 5.73 Å². The van der Waals surface area contributed by atoms with Crippen LogP contribution in [0.4, 0.5) is 0 Å². The molecule has 2 atom stereocenters. The van der Waals surface area contributed by atoms with Crippen LogP contribution in [0.15, 0.2) is 54.6 Å². The van der Waals surface area contributed by atoms with Crippen LogP contribution >= 0.6 is 0 Å². The van der Waals surface area contributed by atoms with Crippen LogP contribution in [0.2, 0.25) is 0 Å². The summed E-state index contributed by atoms with van der Waals surface area (Å²) in [4.78, 5) is 0. The highest BCUT2D eigenvalue weighted by Gasteiger charge is 2.20. The van der Waals surface area contributed by atoms with Gasteiger partial charge in [0.2, 0.25) is 0 Å². The Hall–Kier alpha value is -2.00. The molecular formula is C18H23NO2. The quantitative estimate of drug-likeness (QED) is 0.838. The average Bonchev–Trinajstić information content (AvgIpc) is 2.54. The smallest absolute Gasteiger partial charge is 0.161 e. The van der Waals surface area contributed by atoms with Crippen molar-refractivity contribution >= 4 is 0 Å². The second-order valence-corrected chi connectivity index (χ2v) is 4.88. The van der Waals surface area contributed by atoms with E-state index >= 15 is 0 Å². The average molecular weight is 285 g/mol. The summed E-state index contributed by atoms with van der Waals surface area (Å²) in [7, 11) is 0. The molecule has 0 heterocycles. The Morgan fingerprint density at radius 1 is 0.905 bits per heavy atom. The highest BCUT2D eigenvalue weighted by atomic mass is 16.5.